The summed E-state index contributed by atoms with van der Waals surface area (Å²) in [5.74, 6) is -0.238. The molecule has 0 N–H and O–H groups in total. The number of ether oxygens (including phenoxy) is 2. The largest absolute Gasteiger partial charge is 0.496 e. The zero-order chi connectivity index (χ0) is 19.4. The summed E-state index contributed by atoms with van der Waals surface area (Å²) in [6, 6.07) is 4.25. The van der Waals surface area contributed by atoms with Crippen molar-refractivity contribution >= 4 is 17.4 Å². The van der Waals surface area contributed by atoms with Crippen LogP contribution in [0.15, 0.2) is 23.4 Å². The van der Waals surface area contributed by atoms with Gasteiger partial charge in [0.2, 0.25) is 5.60 Å². The first-order chi connectivity index (χ1) is 11.4. The Morgan fingerprint density at radius 2 is 1.76 bits per heavy atom. The van der Waals surface area contributed by atoms with Gasteiger partial charge in [-0.05, 0) is 47.6 Å². The van der Waals surface area contributed by atoms with Gasteiger partial charge in [-0.2, -0.15) is 0 Å². The summed E-state index contributed by atoms with van der Waals surface area (Å²) in [5, 5.41) is 14.9. The van der Waals surface area contributed by atoms with E-state index in [9.17, 15) is 14.9 Å². The molecule has 0 bridgehead atoms. The number of hydrogen-bond donors (Lipinski definition) is 0. The predicted octanol–water partition coefficient (Wildman–Crippen LogP) is 3.46. The topological polar surface area (TPSA) is 100 Å². The molecule has 1 aromatic carbocycles. The van der Waals surface area contributed by atoms with E-state index in [1.54, 1.807) is 33.8 Å². The molecular weight excluding hydrogens is 328 g/mol. The Kier molecular flexibility index (Phi) is 6.12. The van der Waals surface area contributed by atoms with Crippen LogP contribution in [0.25, 0.3) is 0 Å². The fraction of sp³-hybridized carbons (Fsp3) is 0.529. The highest BCUT2D eigenvalue weighted by Gasteiger charge is 2.35. The highest BCUT2D eigenvalue weighted by Crippen LogP contribution is 2.24. The van der Waals surface area contributed by atoms with Crippen LogP contribution in [-0.2, 0) is 14.4 Å². The number of benzene rings is 1. The van der Waals surface area contributed by atoms with E-state index in [1.807, 2.05) is 0 Å². The molecule has 0 atom stereocenters. The summed E-state index contributed by atoms with van der Waals surface area (Å²) in [4.78, 5) is 28.0. The number of methoxy groups -OCH3 is 1. The van der Waals surface area contributed by atoms with Crippen molar-refractivity contribution in [1.29, 1.82) is 0 Å². The summed E-state index contributed by atoms with van der Waals surface area (Å²) in [6.07, 6.45) is 0. The molecule has 0 saturated carbocycles. The molecule has 0 fully saturated rings. The molecule has 1 aromatic rings. The van der Waals surface area contributed by atoms with Gasteiger partial charge < -0.3 is 14.3 Å². The molecule has 0 aliphatic heterocycles. The third-order valence-electron chi connectivity index (χ3n) is 3.06. The maximum atomic E-state index is 12.1. The summed E-state index contributed by atoms with van der Waals surface area (Å²) in [5.41, 5.74) is -1.27. The SMILES string of the molecule is COc1cc(C(C)=NOC(C)(C)C(=O)OC(C)(C)C)cc([N+](=O)[O-])c1. The lowest BCUT2D eigenvalue weighted by atomic mass is 10.1. The molecule has 0 aliphatic carbocycles. The van der Waals surface area contributed by atoms with Gasteiger partial charge in [0.1, 0.15) is 11.4 Å². The zero-order valence-electron chi connectivity index (χ0n) is 15.6. The third-order valence-corrected chi connectivity index (χ3v) is 3.06. The monoisotopic (exact) mass is 352 g/mol. The molecule has 8 heteroatoms. The van der Waals surface area contributed by atoms with Crippen molar-refractivity contribution < 1.29 is 24.0 Å². The molecule has 8 nitrogen and oxygen atoms in total. The Morgan fingerprint density at radius 3 is 2.24 bits per heavy atom. The molecule has 138 valence electrons. The zero-order valence-corrected chi connectivity index (χ0v) is 15.6. The molecule has 0 unspecified atom stereocenters. The Balaban J connectivity index is 3.03. The Hall–Kier alpha value is -2.64. The normalized spacial score (nSPS) is 12.5. The number of oxime groups is 1. The van der Waals surface area contributed by atoms with E-state index in [4.69, 9.17) is 14.3 Å². The van der Waals surface area contributed by atoms with Crippen LogP contribution < -0.4 is 4.74 Å². The second kappa shape index (κ2) is 7.50. The Labute approximate surface area is 146 Å². The first kappa shape index (κ1) is 20.4. The lowest BCUT2D eigenvalue weighted by Gasteiger charge is -2.26. The van der Waals surface area contributed by atoms with E-state index in [-0.39, 0.29) is 5.69 Å². The molecule has 0 spiro atoms. The minimum atomic E-state index is -1.31. The standard InChI is InChI=1S/C17H24N2O6/c1-11(12-8-13(19(21)22)10-14(9-12)23-7)18-25-17(5,6)15(20)24-16(2,3)4/h8-10H,1-7H3. The highest BCUT2D eigenvalue weighted by molar-refractivity contribution is 5.99. The van der Waals surface area contributed by atoms with Crippen molar-refractivity contribution in [1.82, 2.24) is 0 Å². The molecule has 25 heavy (non-hydrogen) atoms. The number of esters is 1. The van der Waals surface area contributed by atoms with Gasteiger partial charge in [0.15, 0.2) is 0 Å². The fourth-order valence-corrected chi connectivity index (χ4v) is 1.69. The Bertz CT molecular complexity index is 689. The van der Waals surface area contributed by atoms with E-state index in [0.717, 1.165) is 0 Å². The van der Waals surface area contributed by atoms with Crippen LogP contribution in [0.4, 0.5) is 5.69 Å². The molecule has 0 heterocycles. The second-order valence-corrected chi connectivity index (χ2v) is 6.96. The van der Waals surface area contributed by atoms with E-state index >= 15 is 0 Å². The van der Waals surface area contributed by atoms with Crippen LogP contribution in [0.2, 0.25) is 0 Å². The van der Waals surface area contributed by atoms with Crippen LogP contribution in [0, 0.1) is 10.1 Å². The quantitative estimate of drug-likeness (QED) is 0.336. The molecule has 0 aliphatic rings. The van der Waals surface area contributed by atoms with Gasteiger partial charge in [-0.3, -0.25) is 10.1 Å². The molecule has 0 radical (unpaired) electrons. The van der Waals surface area contributed by atoms with E-state index in [1.165, 1.54) is 33.1 Å². The maximum absolute atomic E-state index is 12.1. The van der Waals surface area contributed by atoms with Crippen molar-refractivity contribution in [3.8, 4) is 5.75 Å². The van der Waals surface area contributed by atoms with Crippen molar-refractivity contribution in [2.45, 2.75) is 52.7 Å². The minimum Gasteiger partial charge on any atom is -0.496 e. The predicted molar refractivity (Wildman–Crippen MR) is 92.9 cm³/mol. The highest BCUT2D eigenvalue weighted by atomic mass is 16.7. The van der Waals surface area contributed by atoms with Crippen molar-refractivity contribution in [3.05, 3.63) is 33.9 Å². The van der Waals surface area contributed by atoms with E-state index < -0.39 is 22.1 Å². The number of carbonyl (C=O) groups excluding carboxylic acids is 1. The summed E-state index contributed by atoms with van der Waals surface area (Å²) >= 11 is 0. The van der Waals surface area contributed by atoms with Crippen LogP contribution >= 0.6 is 0 Å². The lowest BCUT2D eigenvalue weighted by molar-refractivity contribution is -0.384. The van der Waals surface area contributed by atoms with Crippen molar-refractivity contribution in [2.24, 2.45) is 5.16 Å². The smallest absolute Gasteiger partial charge is 0.353 e. The average Bonchev–Trinajstić information content (AvgIpc) is 2.50. The molecule has 0 saturated heterocycles. The first-order valence-corrected chi connectivity index (χ1v) is 7.66. The van der Waals surface area contributed by atoms with Crippen molar-refractivity contribution in [3.63, 3.8) is 0 Å². The molecule has 1 rings (SSSR count). The van der Waals surface area contributed by atoms with E-state index in [0.29, 0.717) is 17.0 Å². The van der Waals surface area contributed by atoms with Gasteiger partial charge in [-0.15, -0.1) is 0 Å². The maximum Gasteiger partial charge on any atom is 0.353 e. The number of hydrogen-bond acceptors (Lipinski definition) is 7. The van der Waals surface area contributed by atoms with Crippen LogP contribution in [0.1, 0.15) is 47.1 Å². The van der Waals surface area contributed by atoms with Crippen LogP contribution in [0.3, 0.4) is 0 Å². The second-order valence-electron chi connectivity index (χ2n) is 6.96. The Morgan fingerprint density at radius 1 is 1.16 bits per heavy atom. The van der Waals surface area contributed by atoms with Gasteiger partial charge in [-0.25, -0.2) is 4.79 Å². The van der Waals surface area contributed by atoms with Gasteiger partial charge in [-0.1, -0.05) is 5.16 Å². The average molecular weight is 352 g/mol. The first-order valence-electron chi connectivity index (χ1n) is 7.66. The van der Waals surface area contributed by atoms with Gasteiger partial charge in [0, 0.05) is 11.6 Å². The molecular formula is C17H24N2O6. The molecule has 0 aromatic heterocycles. The summed E-state index contributed by atoms with van der Waals surface area (Å²) < 4.78 is 10.3. The van der Waals surface area contributed by atoms with Crippen LogP contribution in [-0.4, -0.2) is 34.9 Å². The number of nitrogens with zero attached hydrogens (tertiary/aromatic N) is 2. The number of nitro groups is 1. The van der Waals surface area contributed by atoms with E-state index in [2.05, 4.69) is 5.16 Å². The minimum absolute atomic E-state index is 0.129. The molecule has 0 amide bonds. The summed E-state index contributed by atoms with van der Waals surface area (Å²) in [7, 11) is 1.41. The van der Waals surface area contributed by atoms with Gasteiger partial charge in [0.25, 0.3) is 5.69 Å². The van der Waals surface area contributed by atoms with Gasteiger partial charge >= 0.3 is 5.97 Å². The van der Waals surface area contributed by atoms with Crippen LogP contribution in [0.5, 0.6) is 5.75 Å². The lowest BCUT2D eigenvalue weighted by Crippen LogP contribution is -2.40. The fourth-order valence-electron chi connectivity index (χ4n) is 1.69. The van der Waals surface area contributed by atoms with Crippen molar-refractivity contribution in [2.75, 3.05) is 7.11 Å². The third kappa shape index (κ3) is 6.06. The van der Waals surface area contributed by atoms with Gasteiger partial charge in [0.05, 0.1) is 23.8 Å². The number of nitro benzene ring substituents is 1. The number of non-ortho nitro benzene ring substituents is 1. The summed E-state index contributed by atoms with van der Waals surface area (Å²) in [6.45, 7) is 9.95. The number of rotatable bonds is 6. The number of carbonyl (C=O) groups is 1.